The number of aromatic nitrogens is 1. The van der Waals surface area contributed by atoms with E-state index in [1.807, 2.05) is 0 Å². The molecule has 1 aromatic carbocycles. The Morgan fingerprint density at radius 1 is 1.25 bits per heavy atom. The molecule has 13 heteroatoms. The van der Waals surface area contributed by atoms with Gasteiger partial charge in [-0.25, -0.2) is 17.6 Å². The number of benzene rings is 1. The molecule has 3 aromatic rings. The van der Waals surface area contributed by atoms with Crippen molar-refractivity contribution in [2.75, 3.05) is 38.3 Å². The second kappa shape index (κ2) is 11.6. The summed E-state index contributed by atoms with van der Waals surface area (Å²) in [5, 5.41) is 2.92. The number of hydrogen-bond acceptors (Lipinski definition) is 8. The van der Waals surface area contributed by atoms with Crippen LogP contribution >= 0.6 is 0 Å². The smallest absolute Gasteiger partial charge is 0.328 e. The number of nitrogens with one attached hydrogen (secondary N) is 1. The van der Waals surface area contributed by atoms with Gasteiger partial charge in [-0.1, -0.05) is 0 Å². The fourth-order valence-corrected chi connectivity index (χ4v) is 5.32. The van der Waals surface area contributed by atoms with Crippen LogP contribution < -0.4 is 9.62 Å². The van der Waals surface area contributed by atoms with E-state index in [4.69, 9.17) is 9.15 Å². The van der Waals surface area contributed by atoms with Gasteiger partial charge in [-0.05, 0) is 61.6 Å². The zero-order chi connectivity index (χ0) is 29.2. The van der Waals surface area contributed by atoms with Crippen molar-refractivity contribution in [3.63, 3.8) is 0 Å². The van der Waals surface area contributed by atoms with Crippen LogP contribution in [0.1, 0.15) is 41.6 Å². The summed E-state index contributed by atoms with van der Waals surface area (Å²) in [4.78, 5) is 43.9. The molecule has 0 unspecified atom stereocenters. The van der Waals surface area contributed by atoms with E-state index in [0.717, 1.165) is 10.6 Å². The molecule has 1 saturated heterocycles. The third kappa shape index (κ3) is 5.79. The number of rotatable bonds is 9. The van der Waals surface area contributed by atoms with Gasteiger partial charge in [0, 0.05) is 32.6 Å². The topological polar surface area (TPSA) is 139 Å². The molecule has 0 saturated carbocycles. The molecule has 214 valence electrons. The number of esters is 1. The van der Waals surface area contributed by atoms with E-state index >= 15 is 0 Å². The summed E-state index contributed by atoms with van der Waals surface area (Å²) >= 11 is 0. The van der Waals surface area contributed by atoms with Crippen LogP contribution in [0.25, 0.3) is 22.4 Å². The molecule has 11 nitrogen and oxygen atoms in total. The zero-order valence-corrected chi connectivity index (χ0v) is 23.5. The number of carbonyl (C=O) groups excluding carboxylic acids is 3. The van der Waals surface area contributed by atoms with E-state index in [-0.39, 0.29) is 41.6 Å². The Balaban J connectivity index is 1.72. The monoisotopic (exact) mass is 574 g/mol. The highest BCUT2D eigenvalue weighted by Crippen LogP contribution is 2.36. The minimum atomic E-state index is -3.72. The van der Waals surface area contributed by atoms with Crippen LogP contribution in [0.3, 0.4) is 0 Å². The van der Waals surface area contributed by atoms with E-state index in [9.17, 15) is 27.2 Å². The molecule has 1 fully saturated rings. The van der Waals surface area contributed by atoms with Crippen LogP contribution in [0, 0.1) is 5.82 Å². The third-order valence-corrected chi connectivity index (χ3v) is 8.15. The number of methoxy groups -OCH3 is 1. The number of carbonyl (C=O) groups is 3. The number of fused-ring (bicyclic) bond motifs is 1. The number of furan rings is 1. The van der Waals surface area contributed by atoms with Gasteiger partial charge in [-0.15, -0.1) is 0 Å². The van der Waals surface area contributed by atoms with Crippen LogP contribution in [0.5, 0.6) is 0 Å². The van der Waals surface area contributed by atoms with Gasteiger partial charge in [0.1, 0.15) is 23.4 Å². The summed E-state index contributed by atoms with van der Waals surface area (Å²) in [5.41, 5.74) is 1.12. The molecule has 0 spiro atoms. The number of sulfonamides is 1. The normalized spacial score (nSPS) is 15.3. The number of likely N-dealkylation sites (tertiary alicyclic amines) is 1. The molecule has 4 rings (SSSR count). The maximum absolute atomic E-state index is 13.6. The van der Waals surface area contributed by atoms with Crippen molar-refractivity contribution >= 4 is 44.7 Å². The van der Waals surface area contributed by atoms with Gasteiger partial charge in [-0.2, -0.15) is 4.98 Å². The highest BCUT2D eigenvalue weighted by Gasteiger charge is 2.34. The summed E-state index contributed by atoms with van der Waals surface area (Å²) in [6, 6.07) is 6.44. The molecule has 0 bridgehead atoms. The number of anilines is 1. The maximum Gasteiger partial charge on any atom is 0.328 e. The molecule has 1 aliphatic rings. The highest BCUT2D eigenvalue weighted by atomic mass is 32.2. The van der Waals surface area contributed by atoms with E-state index in [0.29, 0.717) is 42.3 Å². The van der Waals surface area contributed by atoms with Crippen LogP contribution in [-0.2, 0) is 30.8 Å². The third-order valence-electron chi connectivity index (χ3n) is 6.98. The first-order chi connectivity index (χ1) is 19.0. The Kier molecular flexibility index (Phi) is 8.43. The van der Waals surface area contributed by atoms with Crippen LogP contribution in [-0.4, -0.2) is 76.1 Å². The Morgan fingerprint density at radius 3 is 2.58 bits per heavy atom. The fourth-order valence-electron chi connectivity index (χ4n) is 4.84. The number of hydrogen-bond donors (Lipinski definition) is 1. The Hall–Kier alpha value is -4.00. The van der Waals surface area contributed by atoms with Gasteiger partial charge in [0.2, 0.25) is 21.6 Å². The molecule has 0 aliphatic carbocycles. The van der Waals surface area contributed by atoms with Gasteiger partial charge in [0.15, 0.2) is 0 Å². The molecular formula is C27H31FN4O7S. The first-order valence-corrected chi connectivity index (χ1v) is 14.6. The Labute approximate surface area is 231 Å². The van der Waals surface area contributed by atoms with Crippen molar-refractivity contribution < 1.29 is 36.3 Å². The lowest BCUT2D eigenvalue weighted by atomic mass is 10.0. The summed E-state index contributed by atoms with van der Waals surface area (Å²) < 4.78 is 50.2. The summed E-state index contributed by atoms with van der Waals surface area (Å²) in [6.07, 6.45) is 2.98. The highest BCUT2D eigenvalue weighted by molar-refractivity contribution is 7.92. The van der Waals surface area contributed by atoms with Gasteiger partial charge < -0.3 is 19.4 Å². The van der Waals surface area contributed by atoms with Crippen LogP contribution in [0.15, 0.2) is 34.7 Å². The maximum atomic E-state index is 13.6. The summed E-state index contributed by atoms with van der Waals surface area (Å²) in [5.74, 6) is -1.32. The van der Waals surface area contributed by atoms with Crippen molar-refractivity contribution in [2.24, 2.45) is 0 Å². The number of halogens is 1. The second-order valence-corrected chi connectivity index (χ2v) is 11.6. The first-order valence-electron chi connectivity index (χ1n) is 12.7. The molecule has 1 atom stereocenters. The Morgan fingerprint density at radius 2 is 1.95 bits per heavy atom. The van der Waals surface area contributed by atoms with E-state index in [1.54, 1.807) is 6.07 Å². The van der Waals surface area contributed by atoms with E-state index < -0.39 is 33.8 Å². The van der Waals surface area contributed by atoms with Crippen molar-refractivity contribution in [3.8, 4) is 11.3 Å². The lowest BCUT2D eigenvalue weighted by Crippen LogP contribution is -2.41. The number of amides is 2. The Bertz CT molecular complexity index is 1550. The molecule has 1 aliphatic heterocycles. The minimum absolute atomic E-state index is 0.0289. The van der Waals surface area contributed by atoms with E-state index in [1.165, 1.54) is 50.4 Å². The minimum Gasteiger partial charge on any atom is -0.467 e. The fraction of sp³-hybridized carbons (Fsp3) is 0.407. The average molecular weight is 575 g/mol. The largest absolute Gasteiger partial charge is 0.467 e. The molecule has 3 heterocycles. The lowest BCUT2D eigenvalue weighted by molar-refractivity contribution is -0.151. The zero-order valence-electron chi connectivity index (χ0n) is 22.7. The van der Waals surface area contributed by atoms with Crippen molar-refractivity contribution in [1.29, 1.82) is 0 Å². The van der Waals surface area contributed by atoms with Gasteiger partial charge in [0.25, 0.3) is 5.91 Å². The predicted molar refractivity (Wildman–Crippen MR) is 146 cm³/mol. The van der Waals surface area contributed by atoms with Crippen LogP contribution in [0.2, 0.25) is 0 Å². The predicted octanol–water partition coefficient (Wildman–Crippen LogP) is 2.88. The van der Waals surface area contributed by atoms with Crippen molar-refractivity contribution in [1.82, 2.24) is 15.2 Å². The number of aryl methyl sites for hydroxylation is 1. The quantitative estimate of drug-likeness (QED) is 0.385. The van der Waals surface area contributed by atoms with Gasteiger partial charge in [0.05, 0.1) is 24.3 Å². The molecule has 2 aromatic heterocycles. The average Bonchev–Trinajstić information content (AvgIpc) is 3.56. The van der Waals surface area contributed by atoms with E-state index in [2.05, 4.69) is 10.3 Å². The first kappa shape index (κ1) is 29.0. The summed E-state index contributed by atoms with van der Waals surface area (Å²) in [7, 11) is 0.381. The van der Waals surface area contributed by atoms with Crippen LogP contribution in [0.4, 0.5) is 10.2 Å². The molecule has 40 heavy (non-hydrogen) atoms. The standard InChI is InChI=1S/C27H31FN4O7S/c1-29-25(34)22-19-15-17(7-5-9-21(33)32-14-6-8-20(32)27(35)38-3)24(31(2)40(4,36)37)30-26(19)39-23(22)16-10-12-18(28)13-11-16/h10-13,15,20H,5-9,14H2,1-4H3,(H,29,34)/t20-/m0/s1. The van der Waals surface area contributed by atoms with Crippen molar-refractivity contribution in [2.45, 2.75) is 38.1 Å². The second-order valence-electron chi connectivity index (χ2n) is 9.57. The van der Waals surface area contributed by atoms with Gasteiger partial charge in [-0.3, -0.25) is 13.9 Å². The molecular weight excluding hydrogens is 543 g/mol. The number of ether oxygens (including phenoxy) is 1. The SMILES string of the molecule is CNC(=O)c1c(-c2ccc(F)cc2)oc2nc(N(C)S(C)(=O)=O)c(CCCC(=O)N3CCC[C@H]3C(=O)OC)cc12. The molecule has 1 N–H and O–H groups in total. The van der Waals surface area contributed by atoms with Gasteiger partial charge >= 0.3 is 5.97 Å². The van der Waals surface area contributed by atoms with Crippen molar-refractivity contribution in [3.05, 3.63) is 47.3 Å². The molecule has 0 radical (unpaired) electrons. The molecule has 2 amide bonds. The number of nitrogens with zero attached hydrogens (tertiary/aromatic N) is 3. The lowest BCUT2D eigenvalue weighted by Gasteiger charge is -2.23. The summed E-state index contributed by atoms with van der Waals surface area (Å²) in [6.45, 7) is 0.463. The number of pyridine rings is 1.